The van der Waals surface area contributed by atoms with Crippen LogP contribution in [0.1, 0.15) is 26.7 Å². The predicted molar refractivity (Wildman–Crippen MR) is 34.6 cm³/mol. The van der Waals surface area contributed by atoms with Crippen LogP contribution in [0, 0.1) is 10.8 Å². The fourth-order valence-electron chi connectivity index (χ4n) is 1.96. The van der Waals surface area contributed by atoms with E-state index in [1.165, 1.54) is 18.4 Å². The average molecular weight is 108 g/mol. The molecule has 2 fully saturated rings. The maximum absolute atomic E-state index is 4.03. The van der Waals surface area contributed by atoms with Crippen LogP contribution < -0.4 is 0 Å². The van der Waals surface area contributed by atoms with Gasteiger partial charge in [0.2, 0.25) is 0 Å². The molecule has 1 spiro atoms. The fraction of sp³-hybridized carbons (Fsp3) is 0.750. The Morgan fingerprint density at radius 1 is 1.38 bits per heavy atom. The Hall–Kier alpha value is -0.260. The Balaban J connectivity index is 2.38. The van der Waals surface area contributed by atoms with Crippen molar-refractivity contribution in [2.45, 2.75) is 26.7 Å². The van der Waals surface area contributed by atoms with Gasteiger partial charge in [0.1, 0.15) is 0 Å². The van der Waals surface area contributed by atoms with Gasteiger partial charge in [0.15, 0.2) is 0 Å². The molecular weight excluding hydrogens is 96.1 g/mol. The average Bonchev–Trinajstić information content (AvgIpc) is 2.47. The summed E-state index contributed by atoms with van der Waals surface area (Å²) in [4.78, 5) is 0. The smallest absolute Gasteiger partial charge is 0.000390 e. The second-order valence-electron chi connectivity index (χ2n) is 3.69. The first-order valence-electron chi connectivity index (χ1n) is 3.31. The van der Waals surface area contributed by atoms with Gasteiger partial charge in [-0.3, -0.25) is 0 Å². The Bertz CT molecular complexity index is 153. The van der Waals surface area contributed by atoms with Crippen molar-refractivity contribution in [3.8, 4) is 0 Å². The molecule has 0 N–H and O–H groups in total. The maximum atomic E-state index is 4.03. The third-order valence-corrected chi connectivity index (χ3v) is 3.22. The predicted octanol–water partition coefficient (Wildman–Crippen LogP) is 2.36. The van der Waals surface area contributed by atoms with Crippen LogP contribution in [0.15, 0.2) is 12.2 Å². The molecule has 0 saturated heterocycles. The van der Waals surface area contributed by atoms with Crippen LogP contribution in [0.25, 0.3) is 0 Å². The summed E-state index contributed by atoms with van der Waals surface area (Å²) in [5.74, 6) is 0. The molecule has 0 bridgehead atoms. The summed E-state index contributed by atoms with van der Waals surface area (Å²) < 4.78 is 0. The zero-order chi connectivity index (χ0) is 5.99. The van der Waals surface area contributed by atoms with Gasteiger partial charge in [-0.15, -0.1) is 0 Å². The molecule has 0 aromatic rings. The lowest BCUT2D eigenvalue weighted by molar-refractivity contribution is 0.558. The van der Waals surface area contributed by atoms with Crippen LogP contribution in [0.5, 0.6) is 0 Å². The van der Waals surface area contributed by atoms with Gasteiger partial charge in [-0.1, -0.05) is 26.0 Å². The Labute approximate surface area is 50.6 Å². The van der Waals surface area contributed by atoms with Crippen LogP contribution in [0.4, 0.5) is 0 Å². The third-order valence-electron chi connectivity index (χ3n) is 3.22. The summed E-state index contributed by atoms with van der Waals surface area (Å²) in [7, 11) is 0. The lowest BCUT2D eigenvalue weighted by Gasteiger charge is -1.93. The van der Waals surface area contributed by atoms with Crippen LogP contribution >= 0.6 is 0 Å². The standard InChI is InChI=1S/C8H12/c1-6-7(2,3)8(6)4-5-8/h1,4-5H2,2-3H3. The highest BCUT2D eigenvalue weighted by atomic mass is 14.8. The first-order valence-corrected chi connectivity index (χ1v) is 3.31. The molecule has 2 rings (SSSR count). The molecule has 2 aliphatic carbocycles. The quantitative estimate of drug-likeness (QED) is 0.418. The zero-order valence-electron chi connectivity index (χ0n) is 5.62. The van der Waals surface area contributed by atoms with Crippen molar-refractivity contribution in [3.63, 3.8) is 0 Å². The maximum Gasteiger partial charge on any atom is 0.000390 e. The minimum absolute atomic E-state index is 0.521. The molecule has 44 valence electrons. The summed E-state index contributed by atoms with van der Waals surface area (Å²) in [6.45, 7) is 8.65. The van der Waals surface area contributed by atoms with E-state index < -0.39 is 0 Å². The van der Waals surface area contributed by atoms with Crippen molar-refractivity contribution in [2.24, 2.45) is 10.8 Å². The van der Waals surface area contributed by atoms with Gasteiger partial charge < -0.3 is 0 Å². The van der Waals surface area contributed by atoms with Gasteiger partial charge in [-0.2, -0.15) is 0 Å². The van der Waals surface area contributed by atoms with Crippen molar-refractivity contribution in [2.75, 3.05) is 0 Å². The van der Waals surface area contributed by atoms with Crippen LogP contribution in [-0.2, 0) is 0 Å². The van der Waals surface area contributed by atoms with Crippen molar-refractivity contribution in [3.05, 3.63) is 12.2 Å². The zero-order valence-corrected chi connectivity index (χ0v) is 5.62. The Morgan fingerprint density at radius 3 is 1.75 bits per heavy atom. The minimum Gasteiger partial charge on any atom is -0.0987 e. The van der Waals surface area contributed by atoms with Crippen LogP contribution in [-0.4, -0.2) is 0 Å². The number of hydrogen-bond donors (Lipinski definition) is 0. The first kappa shape index (κ1) is 4.60. The Morgan fingerprint density at radius 2 is 1.75 bits per heavy atom. The van der Waals surface area contributed by atoms with Gasteiger partial charge in [0.05, 0.1) is 0 Å². The van der Waals surface area contributed by atoms with Gasteiger partial charge in [-0.05, 0) is 18.3 Å². The van der Waals surface area contributed by atoms with E-state index in [0.717, 1.165) is 0 Å². The van der Waals surface area contributed by atoms with Gasteiger partial charge in [0, 0.05) is 5.41 Å². The Kier molecular flexibility index (Phi) is 0.456. The van der Waals surface area contributed by atoms with Crippen LogP contribution in [0.3, 0.4) is 0 Å². The lowest BCUT2D eigenvalue weighted by atomic mass is 10.1. The number of rotatable bonds is 0. The second kappa shape index (κ2) is 0.792. The normalized spacial score (nSPS) is 35.5. The fourth-order valence-corrected chi connectivity index (χ4v) is 1.96. The summed E-state index contributed by atoms with van der Waals surface area (Å²) >= 11 is 0. The summed E-state index contributed by atoms with van der Waals surface area (Å²) in [6.07, 6.45) is 2.83. The van der Waals surface area contributed by atoms with E-state index in [-0.39, 0.29) is 0 Å². The lowest BCUT2D eigenvalue weighted by Crippen LogP contribution is -1.86. The summed E-state index contributed by atoms with van der Waals surface area (Å²) in [5, 5.41) is 0. The number of hydrogen-bond acceptors (Lipinski definition) is 0. The monoisotopic (exact) mass is 108 g/mol. The molecule has 0 atom stereocenters. The first-order chi connectivity index (χ1) is 3.61. The molecule has 0 aromatic heterocycles. The molecule has 0 unspecified atom stereocenters. The van der Waals surface area contributed by atoms with Crippen molar-refractivity contribution in [1.82, 2.24) is 0 Å². The van der Waals surface area contributed by atoms with Gasteiger partial charge >= 0.3 is 0 Å². The van der Waals surface area contributed by atoms with Crippen molar-refractivity contribution < 1.29 is 0 Å². The molecule has 0 radical (unpaired) electrons. The molecule has 0 heterocycles. The molecule has 8 heavy (non-hydrogen) atoms. The van der Waals surface area contributed by atoms with Crippen LogP contribution in [0.2, 0.25) is 0 Å². The highest BCUT2D eigenvalue weighted by Crippen LogP contribution is 2.81. The van der Waals surface area contributed by atoms with E-state index in [1.54, 1.807) is 0 Å². The molecule has 0 nitrogen and oxygen atoms in total. The summed E-state index contributed by atoms with van der Waals surface area (Å²) in [5.41, 5.74) is 2.69. The molecular formula is C8H12. The molecule has 0 amide bonds. The van der Waals surface area contributed by atoms with E-state index >= 15 is 0 Å². The highest BCUT2D eigenvalue weighted by Gasteiger charge is 2.72. The van der Waals surface area contributed by atoms with Crippen molar-refractivity contribution >= 4 is 0 Å². The van der Waals surface area contributed by atoms with E-state index in [1.807, 2.05) is 0 Å². The molecule has 0 aliphatic heterocycles. The largest absolute Gasteiger partial charge is 0.0987 e. The second-order valence-corrected chi connectivity index (χ2v) is 3.69. The van der Waals surface area contributed by atoms with Gasteiger partial charge in [0.25, 0.3) is 0 Å². The molecule has 0 aromatic carbocycles. The van der Waals surface area contributed by atoms with E-state index in [4.69, 9.17) is 0 Å². The molecule has 2 saturated carbocycles. The van der Waals surface area contributed by atoms with E-state index in [2.05, 4.69) is 20.4 Å². The molecule has 0 heteroatoms. The van der Waals surface area contributed by atoms with E-state index in [9.17, 15) is 0 Å². The minimum atomic E-state index is 0.521. The summed E-state index contributed by atoms with van der Waals surface area (Å²) in [6, 6.07) is 0. The van der Waals surface area contributed by atoms with Crippen molar-refractivity contribution in [1.29, 1.82) is 0 Å². The number of allylic oxidation sites excluding steroid dienone is 1. The van der Waals surface area contributed by atoms with E-state index in [0.29, 0.717) is 10.8 Å². The topological polar surface area (TPSA) is 0 Å². The molecule has 2 aliphatic rings. The third kappa shape index (κ3) is 0.229. The SMILES string of the molecule is C=C1C(C)(C)C12CC2. The highest BCUT2D eigenvalue weighted by molar-refractivity contribution is 5.47. The van der Waals surface area contributed by atoms with Gasteiger partial charge in [-0.25, -0.2) is 0 Å².